The minimum absolute atomic E-state index is 0.108. The molecule has 0 aromatic carbocycles. The van der Waals surface area contributed by atoms with Gasteiger partial charge in [0.25, 0.3) is 0 Å². The summed E-state index contributed by atoms with van der Waals surface area (Å²) < 4.78 is 15.4. The molecule has 0 heterocycles. The highest BCUT2D eigenvalue weighted by Crippen LogP contribution is 2.65. The van der Waals surface area contributed by atoms with Gasteiger partial charge in [0.05, 0.1) is 19.3 Å². The van der Waals surface area contributed by atoms with Gasteiger partial charge in [-0.2, -0.15) is 0 Å². The maximum atomic E-state index is 11.8. The molecule has 9 heteroatoms. The molecule has 0 aromatic rings. The zero-order valence-electron chi connectivity index (χ0n) is 26.6. The Morgan fingerprint density at radius 1 is 1.15 bits per heavy atom. The molecule has 7 atom stereocenters. The van der Waals surface area contributed by atoms with E-state index in [0.29, 0.717) is 43.1 Å². The number of carbonyl (C=O) groups excluding carboxylic acids is 2. The first kappa shape index (κ1) is 37.6. The van der Waals surface area contributed by atoms with E-state index in [-0.39, 0.29) is 30.3 Å². The maximum absolute atomic E-state index is 11.8. The van der Waals surface area contributed by atoms with Gasteiger partial charge in [0.2, 0.25) is 0 Å². The number of hydrogen-bond donors (Lipinski definition) is 2. The largest absolute Gasteiger partial charge is 0.481 e. The average molecular weight is 599 g/mol. The Kier molecular flexibility index (Phi) is 16.8. The van der Waals surface area contributed by atoms with Crippen LogP contribution < -0.4 is 0 Å². The molecule has 0 aromatic heterocycles. The van der Waals surface area contributed by atoms with Gasteiger partial charge < -0.3 is 28.8 Å². The van der Waals surface area contributed by atoms with Crippen LogP contribution in [0.1, 0.15) is 93.9 Å². The van der Waals surface area contributed by atoms with Crippen molar-refractivity contribution < 1.29 is 38.4 Å². The van der Waals surface area contributed by atoms with Crippen LogP contribution in [0.2, 0.25) is 0 Å². The van der Waals surface area contributed by atoms with E-state index in [9.17, 15) is 19.5 Å². The van der Waals surface area contributed by atoms with Gasteiger partial charge in [0, 0.05) is 17.8 Å². The molecule has 0 aliphatic heterocycles. The Labute approximate surface area is 249 Å². The predicted octanol–water partition coefficient (Wildman–Crippen LogP) is 6.95. The first-order chi connectivity index (χ1) is 19.4. The standard InChI is InChI=1S/C20H28O2.C7H15O4P.C3H6O2.C2H6/c1-12-8-16-15-5-4-13-9-14(21)6-7-20(13,3)18(15)17(22)11-19(16,2)10-12;1-3-10-12(11-4-2)7-9-6-5-8;1-2-3(4)5;1-2/h6-7,9,12,15-18,22H,4-5,8,10-11H2,1-3H3;5H,3-4,6-7H2,1-2H3;2H2,1H3,(H,4,5);1-2H3/t12?,15?,16-,17?,18?,19?,20?;;;/m0.../s1. The topological polar surface area (TPSA) is 119 Å². The van der Waals surface area contributed by atoms with Gasteiger partial charge in [-0.15, -0.1) is 0 Å². The minimum atomic E-state index is -0.954. The number of hydrogen-bond acceptors (Lipinski definition) is 7. The molecule has 3 fully saturated rings. The average Bonchev–Trinajstić information content (AvgIpc) is 3.24. The molecule has 0 saturated heterocycles. The number of aliphatic hydroxyl groups is 1. The number of carboxylic acids is 1. The van der Waals surface area contributed by atoms with E-state index < -0.39 is 14.3 Å². The van der Waals surface area contributed by atoms with Gasteiger partial charge in [0.15, 0.2) is 14.2 Å². The van der Waals surface area contributed by atoms with Crippen molar-refractivity contribution in [2.45, 2.75) is 100 Å². The molecular formula is C32H55O8P. The quantitative estimate of drug-likeness (QED) is 0.166. The number of aliphatic carboxylic acids is 1. The van der Waals surface area contributed by atoms with Crippen molar-refractivity contribution in [1.29, 1.82) is 0 Å². The van der Waals surface area contributed by atoms with E-state index in [0.717, 1.165) is 31.1 Å². The van der Waals surface area contributed by atoms with Crippen LogP contribution in [0.3, 0.4) is 0 Å². The number of aldehydes is 1. The number of ether oxygens (including phenoxy) is 1. The molecule has 4 rings (SSSR count). The number of rotatable bonds is 9. The number of aliphatic hydroxyl groups excluding tert-OH is 1. The summed E-state index contributed by atoms with van der Waals surface area (Å²) in [5.41, 5.74) is 1.48. The highest BCUT2D eigenvalue weighted by Gasteiger charge is 2.59. The SMILES string of the molecule is CC.CC1C[C@H]2C3CCC4=CC(=O)C=CC4(C)C3C(O)CC2(C)C1.CCC(=O)O.CCOP(COCC=O)OCC. The molecule has 8 nitrogen and oxygen atoms in total. The molecular weight excluding hydrogens is 543 g/mol. The molecule has 2 N–H and O–H groups in total. The summed E-state index contributed by atoms with van der Waals surface area (Å²) in [6, 6.07) is 0. The Morgan fingerprint density at radius 2 is 1.76 bits per heavy atom. The number of carboxylic acid groups (broad SMARTS) is 1. The molecule has 0 amide bonds. The lowest BCUT2D eigenvalue weighted by Crippen LogP contribution is -2.54. The van der Waals surface area contributed by atoms with Crippen molar-refractivity contribution in [3.8, 4) is 0 Å². The summed E-state index contributed by atoms with van der Waals surface area (Å²) in [7, 11) is -0.954. The smallest absolute Gasteiger partial charge is 0.303 e. The molecule has 4 aliphatic carbocycles. The number of allylic oxidation sites excluding steroid dienone is 4. The second-order valence-corrected chi connectivity index (χ2v) is 13.0. The van der Waals surface area contributed by atoms with Gasteiger partial charge in [-0.3, -0.25) is 9.59 Å². The third-order valence-electron chi connectivity index (χ3n) is 8.71. The van der Waals surface area contributed by atoms with Crippen molar-refractivity contribution in [1.82, 2.24) is 0 Å². The summed E-state index contributed by atoms with van der Waals surface area (Å²) in [5, 5.41) is 18.7. The third kappa shape index (κ3) is 10.4. The second kappa shape index (κ2) is 18.3. The Bertz CT molecular complexity index is 883. The Morgan fingerprint density at radius 3 is 2.29 bits per heavy atom. The van der Waals surface area contributed by atoms with Crippen LogP contribution in [0, 0.1) is 34.5 Å². The summed E-state index contributed by atoms with van der Waals surface area (Å²) in [5.74, 6) is 1.81. The summed E-state index contributed by atoms with van der Waals surface area (Å²) in [6.45, 7) is 17.8. The van der Waals surface area contributed by atoms with Crippen LogP contribution in [0.15, 0.2) is 23.8 Å². The van der Waals surface area contributed by atoms with Gasteiger partial charge in [-0.25, -0.2) is 0 Å². The second-order valence-electron chi connectivity index (χ2n) is 11.6. The van der Waals surface area contributed by atoms with Gasteiger partial charge >= 0.3 is 5.97 Å². The minimum Gasteiger partial charge on any atom is -0.481 e. The lowest BCUT2D eigenvalue weighted by Gasteiger charge is -2.58. The van der Waals surface area contributed by atoms with E-state index >= 15 is 0 Å². The van der Waals surface area contributed by atoms with Crippen molar-refractivity contribution in [2.24, 2.45) is 34.5 Å². The van der Waals surface area contributed by atoms with Gasteiger partial charge in [0.1, 0.15) is 19.2 Å². The van der Waals surface area contributed by atoms with E-state index in [4.69, 9.17) is 18.9 Å². The fourth-order valence-electron chi connectivity index (χ4n) is 7.34. The van der Waals surface area contributed by atoms with Crippen molar-refractivity contribution in [3.63, 3.8) is 0 Å². The zero-order valence-corrected chi connectivity index (χ0v) is 27.5. The number of ketones is 1. The van der Waals surface area contributed by atoms with E-state index in [1.54, 1.807) is 13.0 Å². The molecule has 0 radical (unpaired) electrons. The van der Waals surface area contributed by atoms with Gasteiger partial charge in [-0.05, 0) is 81.3 Å². The molecule has 4 aliphatic rings. The fourth-order valence-corrected chi connectivity index (χ4v) is 8.40. The number of carbonyl (C=O) groups is 3. The van der Waals surface area contributed by atoms with Crippen LogP contribution in [-0.2, 0) is 28.2 Å². The van der Waals surface area contributed by atoms with Crippen LogP contribution >= 0.6 is 8.38 Å². The fraction of sp³-hybridized carbons (Fsp3) is 0.781. The van der Waals surface area contributed by atoms with Crippen LogP contribution in [0.4, 0.5) is 0 Å². The Balaban J connectivity index is 0.000000376. The Hall–Kier alpha value is -1.44. The van der Waals surface area contributed by atoms with Crippen molar-refractivity contribution >= 4 is 26.4 Å². The third-order valence-corrected chi connectivity index (χ3v) is 10.2. The van der Waals surface area contributed by atoms with Crippen LogP contribution in [-0.4, -0.2) is 60.5 Å². The molecule has 6 unspecified atom stereocenters. The first-order valence-electron chi connectivity index (χ1n) is 15.3. The normalized spacial score (nSPS) is 32.9. The zero-order chi connectivity index (χ0) is 31.2. The molecule has 236 valence electrons. The monoisotopic (exact) mass is 598 g/mol. The molecule has 0 spiro atoms. The van der Waals surface area contributed by atoms with Crippen LogP contribution in [0.25, 0.3) is 0 Å². The summed E-state index contributed by atoms with van der Waals surface area (Å²) >= 11 is 0. The molecule has 0 bridgehead atoms. The highest BCUT2D eigenvalue weighted by molar-refractivity contribution is 7.47. The van der Waals surface area contributed by atoms with Crippen molar-refractivity contribution in [2.75, 3.05) is 26.2 Å². The molecule has 3 saturated carbocycles. The summed E-state index contributed by atoms with van der Waals surface area (Å²) in [4.78, 5) is 31.0. The lowest BCUT2D eigenvalue weighted by atomic mass is 9.47. The lowest BCUT2D eigenvalue weighted by molar-refractivity contribution is -0.136. The first-order valence-corrected chi connectivity index (χ1v) is 16.7. The van der Waals surface area contributed by atoms with Crippen LogP contribution in [0.5, 0.6) is 0 Å². The molecule has 41 heavy (non-hydrogen) atoms. The highest BCUT2D eigenvalue weighted by atomic mass is 31.2. The van der Waals surface area contributed by atoms with Gasteiger partial charge in [-0.1, -0.05) is 53.2 Å². The predicted molar refractivity (Wildman–Crippen MR) is 163 cm³/mol. The van der Waals surface area contributed by atoms with E-state index in [2.05, 4.69) is 26.8 Å². The van der Waals surface area contributed by atoms with E-state index in [1.807, 2.05) is 33.8 Å². The van der Waals surface area contributed by atoms with Crippen molar-refractivity contribution in [3.05, 3.63) is 23.8 Å². The number of fused-ring (bicyclic) bond motifs is 5. The van der Waals surface area contributed by atoms with E-state index in [1.165, 1.54) is 18.4 Å². The maximum Gasteiger partial charge on any atom is 0.303 e. The summed E-state index contributed by atoms with van der Waals surface area (Å²) in [6.07, 6.45) is 12.5.